The highest BCUT2D eigenvalue weighted by molar-refractivity contribution is 5.77. The summed E-state index contributed by atoms with van der Waals surface area (Å²) in [6, 6.07) is 5.95. The summed E-state index contributed by atoms with van der Waals surface area (Å²) in [4.78, 5) is 13.6. The highest BCUT2D eigenvalue weighted by Gasteiger charge is 2.09. The van der Waals surface area contributed by atoms with Gasteiger partial charge in [-0.15, -0.1) is 0 Å². The van der Waals surface area contributed by atoms with E-state index in [0.29, 0.717) is 26.2 Å². The molecule has 0 atom stereocenters. The van der Waals surface area contributed by atoms with E-state index in [4.69, 9.17) is 9.47 Å². The Kier molecular flexibility index (Phi) is 7.04. The van der Waals surface area contributed by atoms with E-state index in [1.165, 1.54) is 0 Å². The minimum absolute atomic E-state index is 0.0644. The first kappa shape index (κ1) is 16.5. The smallest absolute Gasteiger partial charge is 0.236 e. The zero-order valence-electron chi connectivity index (χ0n) is 12.7. The molecular formula is C15H24N2O3. The molecular weight excluding hydrogens is 256 g/mol. The van der Waals surface area contributed by atoms with Crippen LogP contribution in [0.5, 0.6) is 5.75 Å². The number of hydrogen-bond donors (Lipinski definition) is 1. The first-order valence-electron chi connectivity index (χ1n) is 6.65. The van der Waals surface area contributed by atoms with Crippen molar-refractivity contribution in [3.05, 3.63) is 29.3 Å². The molecule has 1 N–H and O–H groups in total. The quantitative estimate of drug-likeness (QED) is 0.727. The molecule has 0 unspecified atom stereocenters. The van der Waals surface area contributed by atoms with Gasteiger partial charge in [-0.05, 0) is 24.1 Å². The van der Waals surface area contributed by atoms with Crippen LogP contribution < -0.4 is 10.1 Å². The van der Waals surface area contributed by atoms with Crippen molar-refractivity contribution < 1.29 is 14.3 Å². The fourth-order valence-electron chi connectivity index (χ4n) is 1.91. The summed E-state index contributed by atoms with van der Waals surface area (Å²) in [5.74, 6) is 0.929. The summed E-state index contributed by atoms with van der Waals surface area (Å²) in [6.07, 6.45) is 0. The summed E-state index contributed by atoms with van der Waals surface area (Å²) in [5, 5.41) is 3.05. The Morgan fingerprint density at radius 2 is 2.10 bits per heavy atom. The highest BCUT2D eigenvalue weighted by atomic mass is 16.5. The zero-order valence-corrected chi connectivity index (χ0v) is 12.7. The Hall–Kier alpha value is -1.59. The van der Waals surface area contributed by atoms with Crippen molar-refractivity contribution in [3.8, 4) is 5.75 Å². The van der Waals surface area contributed by atoms with Crippen LogP contribution in [0.15, 0.2) is 18.2 Å². The molecule has 0 radical (unpaired) electrons. The summed E-state index contributed by atoms with van der Waals surface area (Å²) < 4.78 is 10.1. The van der Waals surface area contributed by atoms with Gasteiger partial charge in [-0.25, -0.2) is 0 Å². The number of rotatable bonds is 8. The van der Waals surface area contributed by atoms with Gasteiger partial charge < -0.3 is 19.7 Å². The maximum absolute atomic E-state index is 11.9. The van der Waals surface area contributed by atoms with Gasteiger partial charge in [-0.1, -0.05) is 12.1 Å². The fraction of sp³-hybridized carbons (Fsp3) is 0.533. The number of nitrogens with zero attached hydrogens (tertiary/aromatic N) is 1. The number of amides is 1. The van der Waals surface area contributed by atoms with Crippen LogP contribution in [0.25, 0.3) is 0 Å². The van der Waals surface area contributed by atoms with Crippen molar-refractivity contribution in [3.63, 3.8) is 0 Å². The maximum atomic E-state index is 11.9. The maximum Gasteiger partial charge on any atom is 0.236 e. The molecule has 20 heavy (non-hydrogen) atoms. The predicted octanol–water partition coefficient (Wildman–Crippen LogP) is 1.20. The SMILES string of the molecule is COCCNCC(=O)N(C)Cc1ccc(OC)c(C)c1. The number of methoxy groups -OCH3 is 2. The lowest BCUT2D eigenvalue weighted by molar-refractivity contribution is -0.129. The van der Waals surface area contributed by atoms with Gasteiger partial charge in [0.25, 0.3) is 0 Å². The van der Waals surface area contributed by atoms with Gasteiger partial charge in [0.2, 0.25) is 5.91 Å². The number of carbonyl (C=O) groups is 1. The van der Waals surface area contributed by atoms with Gasteiger partial charge in [0, 0.05) is 27.2 Å². The lowest BCUT2D eigenvalue weighted by atomic mass is 10.1. The minimum atomic E-state index is 0.0644. The standard InChI is InChI=1S/C15H24N2O3/c1-12-9-13(5-6-14(12)20-4)11-17(2)15(18)10-16-7-8-19-3/h5-6,9,16H,7-8,10-11H2,1-4H3. The van der Waals surface area contributed by atoms with E-state index < -0.39 is 0 Å². The topological polar surface area (TPSA) is 50.8 Å². The summed E-state index contributed by atoms with van der Waals surface area (Å²) >= 11 is 0. The van der Waals surface area contributed by atoms with Gasteiger partial charge in [-0.2, -0.15) is 0 Å². The number of aryl methyl sites for hydroxylation is 1. The van der Waals surface area contributed by atoms with Crippen LogP contribution in [0.1, 0.15) is 11.1 Å². The summed E-state index contributed by atoms with van der Waals surface area (Å²) in [6.45, 7) is 4.20. The van der Waals surface area contributed by atoms with Crippen molar-refractivity contribution in [2.24, 2.45) is 0 Å². The molecule has 1 aromatic carbocycles. The third-order valence-electron chi connectivity index (χ3n) is 3.06. The molecule has 0 spiro atoms. The molecule has 0 aliphatic heterocycles. The van der Waals surface area contributed by atoms with Crippen LogP contribution in [0, 0.1) is 6.92 Å². The molecule has 0 bridgehead atoms. The fourth-order valence-corrected chi connectivity index (χ4v) is 1.91. The minimum Gasteiger partial charge on any atom is -0.496 e. The Morgan fingerprint density at radius 1 is 1.35 bits per heavy atom. The number of hydrogen-bond acceptors (Lipinski definition) is 4. The third kappa shape index (κ3) is 5.19. The van der Waals surface area contributed by atoms with E-state index in [1.54, 1.807) is 26.2 Å². The van der Waals surface area contributed by atoms with Gasteiger partial charge in [0.15, 0.2) is 0 Å². The lowest BCUT2D eigenvalue weighted by Crippen LogP contribution is -2.36. The molecule has 5 nitrogen and oxygen atoms in total. The molecule has 1 rings (SSSR count). The average Bonchev–Trinajstić information content (AvgIpc) is 2.43. The second-order valence-corrected chi connectivity index (χ2v) is 4.72. The monoisotopic (exact) mass is 280 g/mol. The van der Waals surface area contributed by atoms with E-state index >= 15 is 0 Å². The molecule has 0 saturated carbocycles. The van der Waals surface area contributed by atoms with Crippen molar-refractivity contribution in [1.82, 2.24) is 10.2 Å². The van der Waals surface area contributed by atoms with Crippen molar-refractivity contribution in [1.29, 1.82) is 0 Å². The summed E-state index contributed by atoms with van der Waals surface area (Å²) in [5.41, 5.74) is 2.17. The number of benzene rings is 1. The third-order valence-corrected chi connectivity index (χ3v) is 3.06. The van der Waals surface area contributed by atoms with Crippen molar-refractivity contribution in [2.75, 3.05) is 41.0 Å². The molecule has 0 aliphatic carbocycles. The van der Waals surface area contributed by atoms with E-state index in [-0.39, 0.29) is 5.91 Å². The molecule has 0 aromatic heterocycles. The van der Waals surface area contributed by atoms with E-state index in [9.17, 15) is 4.79 Å². The Labute approximate surface area is 120 Å². The highest BCUT2D eigenvalue weighted by Crippen LogP contribution is 2.19. The summed E-state index contributed by atoms with van der Waals surface area (Å²) in [7, 11) is 5.10. The second-order valence-electron chi connectivity index (χ2n) is 4.72. The Morgan fingerprint density at radius 3 is 2.70 bits per heavy atom. The van der Waals surface area contributed by atoms with Gasteiger partial charge in [-0.3, -0.25) is 4.79 Å². The molecule has 0 fully saturated rings. The molecule has 112 valence electrons. The van der Waals surface area contributed by atoms with Crippen LogP contribution in [0.2, 0.25) is 0 Å². The predicted molar refractivity (Wildman–Crippen MR) is 79.0 cm³/mol. The number of ether oxygens (including phenoxy) is 2. The number of carbonyl (C=O) groups excluding carboxylic acids is 1. The molecule has 0 saturated heterocycles. The Balaban J connectivity index is 2.46. The number of likely N-dealkylation sites (N-methyl/N-ethyl adjacent to an activating group) is 1. The lowest BCUT2D eigenvalue weighted by Gasteiger charge is -2.18. The molecule has 0 aliphatic rings. The Bertz CT molecular complexity index is 435. The van der Waals surface area contributed by atoms with Crippen LogP contribution >= 0.6 is 0 Å². The molecule has 0 heterocycles. The molecule has 1 aromatic rings. The first-order valence-corrected chi connectivity index (χ1v) is 6.65. The van der Waals surface area contributed by atoms with Gasteiger partial charge in [0.1, 0.15) is 5.75 Å². The van der Waals surface area contributed by atoms with Gasteiger partial charge in [0.05, 0.1) is 20.3 Å². The van der Waals surface area contributed by atoms with Crippen LogP contribution in [-0.2, 0) is 16.1 Å². The van der Waals surface area contributed by atoms with E-state index in [1.807, 2.05) is 25.1 Å². The van der Waals surface area contributed by atoms with E-state index in [0.717, 1.165) is 16.9 Å². The molecule has 1 amide bonds. The van der Waals surface area contributed by atoms with Gasteiger partial charge >= 0.3 is 0 Å². The number of nitrogens with one attached hydrogen (secondary N) is 1. The largest absolute Gasteiger partial charge is 0.496 e. The molecule has 5 heteroatoms. The van der Waals surface area contributed by atoms with Crippen molar-refractivity contribution >= 4 is 5.91 Å². The first-order chi connectivity index (χ1) is 9.58. The van der Waals surface area contributed by atoms with E-state index in [2.05, 4.69) is 5.32 Å². The zero-order chi connectivity index (χ0) is 15.0. The normalized spacial score (nSPS) is 10.4. The van der Waals surface area contributed by atoms with Crippen molar-refractivity contribution in [2.45, 2.75) is 13.5 Å². The van der Waals surface area contributed by atoms with Crippen LogP contribution in [-0.4, -0.2) is 51.8 Å². The second kappa shape index (κ2) is 8.55. The average molecular weight is 280 g/mol. The van der Waals surface area contributed by atoms with Crippen LogP contribution in [0.4, 0.5) is 0 Å². The van der Waals surface area contributed by atoms with Crippen LogP contribution in [0.3, 0.4) is 0 Å².